The first-order valence-electron chi connectivity index (χ1n) is 6.05. The quantitative estimate of drug-likeness (QED) is 0.894. The summed E-state index contributed by atoms with van der Waals surface area (Å²) in [4.78, 5) is 11.9. The second-order valence-electron chi connectivity index (χ2n) is 4.26. The summed E-state index contributed by atoms with van der Waals surface area (Å²) >= 11 is 0. The zero-order valence-electron chi connectivity index (χ0n) is 10.7. The van der Waals surface area contributed by atoms with Gasteiger partial charge < -0.3 is 5.32 Å². The van der Waals surface area contributed by atoms with Crippen LogP contribution in [-0.2, 0) is 13.1 Å². The fourth-order valence-electron chi connectivity index (χ4n) is 1.74. The smallest absolute Gasteiger partial charge is 0.251 e. The molecule has 0 aliphatic rings. The Bertz CT molecular complexity index is 545. The minimum Gasteiger partial charge on any atom is -0.348 e. The van der Waals surface area contributed by atoms with Crippen LogP contribution in [0.3, 0.4) is 0 Å². The number of benzene rings is 1. The summed E-state index contributed by atoms with van der Waals surface area (Å²) in [5.41, 5.74) is 2.79. The van der Waals surface area contributed by atoms with E-state index in [-0.39, 0.29) is 5.91 Å². The summed E-state index contributed by atoms with van der Waals surface area (Å²) in [6.07, 6.45) is 3.72. The van der Waals surface area contributed by atoms with Gasteiger partial charge in [0.2, 0.25) is 0 Å². The van der Waals surface area contributed by atoms with Gasteiger partial charge in [-0.05, 0) is 26.0 Å². The maximum absolute atomic E-state index is 11.9. The van der Waals surface area contributed by atoms with Gasteiger partial charge in [-0.2, -0.15) is 5.10 Å². The molecular weight excluding hydrogens is 226 g/mol. The molecule has 1 aromatic carbocycles. The zero-order valence-corrected chi connectivity index (χ0v) is 10.7. The Morgan fingerprint density at radius 2 is 2.28 bits per heavy atom. The highest BCUT2D eigenvalue weighted by atomic mass is 16.1. The lowest BCUT2D eigenvalue weighted by atomic mass is 10.1. The standard InChI is InChI=1S/C14H17N3O/c1-3-17-10-12(9-16-17)8-15-14(18)13-6-4-5-11(2)7-13/h4-7,9-10H,3,8H2,1-2H3,(H,15,18). The Morgan fingerprint density at radius 1 is 1.44 bits per heavy atom. The van der Waals surface area contributed by atoms with E-state index in [1.54, 1.807) is 6.20 Å². The van der Waals surface area contributed by atoms with Crippen molar-refractivity contribution in [1.82, 2.24) is 15.1 Å². The van der Waals surface area contributed by atoms with Crippen LogP contribution in [0.25, 0.3) is 0 Å². The number of rotatable bonds is 4. The van der Waals surface area contributed by atoms with Crippen molar-refractivity contribution in [3.63, 3.8) is 0 Å². The van der Waals surface area contributed by atoms with E-state index in [1.165, 1.54) is 0 Å². The fraction of sp³-hybridized carbons (Fsp3) is 0.286. The van der Waals surface area contributed by atoms with Gasteiger partial charge in [-0.3, -0.25) is 9.48 Å². The van der Waals surface area contributed by atoms with Crippen molar-refractivity contribution in [3.8, 4) is 0 Å². The zero-order chi connectivity index (χ0) is 13.0. The molecule has 0 aliphatic carbocycles. The van der Waals surface area contributed by atoms with Crippen LogP contribution in [-0.4, -0.2) is 15.7 Å². The molecule has 1 aromatic heterocycles. The van der Waals surface area contributed by atoms with Gasteiger partial charge in [-0.15, -0.1) is 0 Å². The molecule has 0 saturated heterocycles. The molecular formula is C14H17N3O. The number of nitrogens with one attached hydrogen (secondary N) is 1. The van der Waals surface area contributed by atoms with E-state index in [9.17, 15) is 4.79 Å². The summed E-state index contributed by atoms with van der Waals surface area (Å²) in [5, 5.41) is 7.05. The number of carbonyl (C=O) groups is 1. The largest absolute Gasteiger partial charge is 0.348 e. The topological polar surface area (TPSA) is 46.9 Å². The van der Waals surface area contributed by atoms with Crippen molar-refractivity contribution in [3.05, 3.63) is 53.3 Å². The third kappa shape index (κ3) is 2.97. The van der Waals surface area contributed by atoms with Gasteiger partial charge in [0, 0.05) is 30.4 Å². The third-order valence-electron chi connectivity index (χ3n) is 2.74. The predicted octanol–water partition coefficient (Wildman–Crippen LogP) is 2.14. The first-order valence-corrected chi connectivity index (χ1v) is 6.05. The number of hydrogen-bond donors (Lipinski definition) is 1. The molecule has 18 heavy (non-hydrogen) atoms. The van der Waals surface area contributed by atoms with Crippen molar-refractivity contribution < 1.29 is 4.79 Å². The summed E-state index contributed by atoms with van der Waals surface area (Å²) in [6, 6.07) is 7.56. The van der Waals surface area contributed by atoms with Crippen LogP contribution in [0.2, 0.25) is 0 Å². The molecule has 2 aromatic rings. The SMILES string of the molecule is CCn1cc(CNC(=O)c2cccc(C)c2)cn1. The Balaban J connectivity index is 1.96. The number of carbonyl (C=O) groups excluding carboxylic acids is 1. The first-order chi connectivity index (χ1) is 8.69. The number of hydrogen-bond acceptors (Lipinski definition) is 2. The average molecular weight is 243 g/mol. The minimum absolute atomic E-state index is 0.0528. The van der Waals surface area contributed by atoms with Crippen molar-refractivity contribution in [2.75, 3.05) is 0 Å². The molecule has 0 saturated carbocycles. The lowest BCUT2D eigenvalue weighted by molar-refractivity contribution is 0.0951. The van der Waals surface area contributed by atoms with Crippen LogP contribution < -0.4 is 5.32 Å². The van der Waals surface area contributed by atoms with Crippen molar-refractivity contribution in [2.45, 2.75) is 26.9 Å². The molecule has 0 bridgehead atoms. The van der Waals surface area contributed by atoms with E-state index in [2.05, 4.69) is 10.4 Å². The van der Waals surface area contributed by atoms with Gasteiger partial charge in [0.15, 0.2) is 0 Å². The maximum Gasteiger partial charge on any atom is 0.251 e. The molecule has 94 valence electrons. The highest BCUT2D eigenvalue weighted by Gasteiger charge is 2.05. The molecule has 1 heterocycles. The normalized spacial score (nSPS) is 10.3. The molecule has 0 aliphatic heterocycles. The molecule has 0 fully saturated rings. The van der Waals surface area contributed by atoms with E-state index < -0.39 is 0 Å². The van der Waals surface area contributed by atoms with Gasteiger partial charge in [-0.25, -0.2) is 0 Å². The Hall–Kier alpha value is -2.10. The Kier molecular flexibility index (Phi) is 3.77. The molecule has 1 amide bonds. The molecule has 4 heteroatoms. The Morgan fingerprint density at radius 3 is 2.94 bits per heavy atom. The van der Waals surface area contributed by atoms with Crippen LogP contribution in [0.1, 0.15) is 28.4 Å². The van der Waals surface area contributed by atoms with Gasteiger partial charge >= 0.3 is 0 Å². The van der Waals surface area contributed by atoms with E-state index in [1.807, 2.05) is 49.0 Å². The van der Waals surface area contributed by atoms with Crippen LogP contribution in [0.4, 0.5) is 0 Å². The van der Waals surface area contributed by atoms with Gasteiger partial charge in [0.1, 0.15) is 0 Å². The minimum atomic E-state index is -0.0528. The highest BCUT2D eigenvalue weighted by Crippen LogP contribution is 2.04. The predicted molar refractivity (Wildman–Crippen MR) is 70.3 cm³/mol. The second kappa shape index (κ2) is 5.49. The lowest BCUT2D eigenvalue weighted by Gasteiger charge is -2.04. The first kappa shape index (κ1) is 12.4. The highest BCUT2D eigenvalue weighted by molar-refractivity contribution is 5.94. The molecule has 0 unspecified atom stereocenters. The van der Waals surface area contributed by atoms with E-state index in [0.717, 1.165) is 17.7 Å². The summed E-state index contributed by atoms with van der Waals surface area (Å²) in [5.74, 6) is -0.0528. The van der Waals surface area contributed by atoms with Crippen LogP contribution in [0.15, 0.2) is 36.7 Å². The van der Waals surface area contributed by atoms with E-state index >= 15 is 0 Å². The molecule has 4 nitrogen and oxygen atoms in total. The summed E-state index contributed by atoms with van der Waals surface area (Å²) in [7, 11) is 0. The van der Waals surface area contributed by atoms with Gasteiger partial charge in [-0.1, -0.05) is 17.7 Å². The molecule has 0 spiro atoms. The van der Waals surface area contributed by atoms with Crippen LogP contribution in [0, 0.1) is 6.92 Å². The van der Waals surface area contributed by atoms with E-state index in [0.29, 0.717) is 12.1 Å². The number of aromatic nitrogens is 2. The summed E-state index contributed by atoms with van der Waals surface area (Å²) < 4.78 is 1.84. The monoisotopic (exact) mass is 243 g/mol. The Labute approximate surface area is 107 Å². The van der Waals surface area contributed by atoms with Gasteiger partial charge in [0.25, 0.3) is 5.91 Å². The average Bonchev–Trinajstić information content (AvgIpc) is 2.84. The number of nitrogens with zero attached hydrogens (tertiary/aromatic N) is 2. The number of aryl methyl sites for hydroxylation is 2. The fourth-order valence-corrected chi connectivity index (χ4v) is 1.74. The van der Waals surface area contributed by atoms with E-state index in [4.69, 9.17) is 0 Å². The van der Waals surface area contributed by atoms with Crippen molar-refractivity contribution in [1.29, 1.82) is 0 Å². The number of amides is 1. The molecule has 1 N–H and O–H groups in total. The van der Waals surface area contributed by atoms with Crippen molar-refractivity contribution in [2.24, 2.45) is 0 Å². The molecule has 0 radical (unpaired) electrons. The third-order valence-corrected chi connectivity index (χ3v) is 2.74. The molecule has 2 rings (SSSR count). The lowest BCUT2D eigenvalue weighted by Crippen LogP contribution is -2.22. The van der Waals surface area contributed by atoms with Gasteiger partial charge in [0.05, 0.1) is 6.20 Å². The van der Waals surface area contributed by atoms with Crippen LogP contribution >= 0.6 is 0 Å². The van der Waals surface area contributed by atoms with Crippen LogP contribution in [0.5, 0.6) is 0 Å². The van der Waals surface area contributed by atoms with Crippen molar-refractivity contribution >= 4 is 5.91 Å². The second-order valence-corrected chi connectivity index (χ2v) is 4.26. The molecule has 0 atom stereocenters. The maximum atomic E-state index is 11.9. The summed E-state index contributed by atoms with van der Waals surface area (Å²) in [6.45, 7) is 5.35.